The van der Waals surface area contributed by atoms with E-state index in [2.05, 4.69) is 242 Å². The summed E-state index contributed by atoms with van der Waals surface area (Å²) in [6.45, 7) is 4.70. The van der Waals surface area contributed by atoms with Gasteiger partial charge in [-0.2, -0.15) is 0 Å². The highest BCUT2D eigenvalue weighted by Crippen LogP contribution is 2.51. The SMILES string of the molecule is CC1(C)c2ccccc2-c2ccc(N(c3ccc(-c4ccc5c(c4)c4ccccc4n5-c4ccc(-c5ccccc5)cc4)cc3)c3ccc(-c4cccc5c4oc4ccccc45)cc3)cc21. The van der Waals surface area contributed by atoms with Crippen molar-refractivity contribution in [1.82, 2.24) is 4.57 Å². The van der Waals surface area contributed by atoms with E-state index in [1.54, 1.807) is 0 Å². The predicted octanol–water partition coefficient (Wildman–Crippen LogP) is 17.5. The normalized spacial score (nSPS) is 12.8. The minimum absolute atomic E-state index is 0.125. The molecule has 13 rings (SSSR count). The van der Waals surface area contributed by atoms with E-state index < -0.39 is 0 Å². The molecule has 10 aromatic carbocycles. The molecule has 3 heteroatoms. The van der Waals surface area contributed by atoms with E-state index in [9.17, 15) is 0 Å². The Balaban J connectivity index is 0.891. The molecule has 0 bridgehead atoms. The van der Waals surface area contributed by atoms with Gasteiger partial charge in [0.05, 0.1) is 11.0 Å². The van der Waals surface area contributed by atoms with E-state index in [-0.39, 0.29) is 5.41 Å². The van der Waals surface area contributed by atoms with Gasteiger partial charge in [-0.05, 0) is 123 Å². The number of anilines is 3. The van der Waals surface area contributed by atoms with Crippen LogP contribution in [-0.2, 0) is 5.41 Å². The van der Waals surface area contributed by atoms with Gasteiger partial charge in [-0.3, -0.25) is 0 Å². The molecule has 12 aromatic rings. The summed E-state index contributed by atoms with van der Waals surface area (Å²) in [4.78, 5) is 2.40. The molecule has 2 aromatic heterocycles. The Kier molecular flexibility index (Phi) is 8.56. The van der Waals surface area contributed by atoms with Crippen LogP contribution in [0.25, 0.3) is 93.9 Å². The maximum Gasteiger partial charge on any atom is 0.143 e. The second-order valence-electron chi connectivity index (χ2n) is 18.1. The fourth-order valence-corrected chi connectivity index (χ4v) is 10.7. The van der Waals surface area contributed by atoms with E-state index in [0.29, 0.717) is 0 Å². The van der Waals surface area contributed by atoms with Crippen LogP contribution in [-0.4, -0.2) is 4.57 Å². The average Bonchev–Trinajstić information content (AvgIpc) is 4.00. The van der Waals surface area contributed by atoms with Gasteiger partial charge in [-0.25, -0.2) is 0 Å². The molecular formula is C63H44N2O. The molecule has 0 radical (unpaired) electrons. The molecule has 0 amide bonds. The Labute approximate surface area is 384 Å². The van der Waals surface area contributed by atoms with Gasteiger partial charge in [0.25, 0.3) is 0 Å². The van der Waals surface area contributed by atoms with Crippen molar-refractivity contribution in [3.63, 3.8) is 0 Å². The van der Waals surface area contributed by atoms with E-state index in [0.717, 1.165) is 55.8 Å². The molecule has 0 aliphatic heterocycles. The number of para-hydroxylation sites is 3. The topological polar surface area (TPSA) is 21.3 Å². The van der Waals surface area contributed by atoms with Crippen LogP contribution in [0.15, 0.2) is 235 Å². The number of furan rings is 1. The Morgan fingerprint density at radius 3 is 1.73 bits per heavy atom. The molecule has 0 spiro atoms. The molecule has 0 fully saturated rings. The number of benzene rings is 10. The largest absolute Gasteiger partial charge is 0.455 e. The summed E-state index contributed by atoms with van der Waals surface area (Å²) in [5.74, 6) is 0. The van der Waals surface area contributed by atoms with Crippen LogP contribution in [0, 0.1) is 0 Å². The molecule has 0 atom stereocenters. The lowest BCUT2D eigenvalue weighted by molar-refractivity contribution is 0.660. The van der Waals surface area contributed by atoms with Gasteiger partial charge < -0.3 is 13.9 Å². The molecule has 2 heterocycles. The molecular weight excluding hydrogens is 801 g/mol. The maximum atomic E-state index is 6.46. The molecule has 0 N–H and O–H groups in total. The van der Waals surface area contributed by atoms with Crippen LogP contribution in [0.2, 0.25) is 0 Å². The number of aromatic nitrogens is 1. The zero-order valence-corrected chi connectivity index (χ0v) is 36.7. The van der Waals surface area contributed by atoms with Crippen LogP contribution < -0.4 is 4.90 Å². The van der Waals surface area contributed by atoms with Crippen molar-refractivity contribution in [2.75, 3.05) is 4.90 Å². The number of hydrogen-bond acceptors (Lipinski definition) is 2. The Morgan fingerprint density at radius 1 is 0.364 bits per heavy atom. The average molecular weight is 845 g/mol. The monoisotopic (exact) mass is 844 g/mol. The molecule has 1 aliphatic rings. The van der Waals surface area contributed by atoms with Crippen molar-refractivity contribution in [3.05, 3.63) is 242 Å². The smallest absolute Gasteiger partial charge is 0.143 e. The lowest BCUT2D eigenvalue weighted by atomic mass is 9.82. The molecule has 312 valence electrons. The Morgan fingerprint density at radius 2 is 0.924 bits per heavy atom. The lowest BCUT2D eigenvalue weighted by Crippen LogP contribution is -2.16. The third-order valence-corrected chi connectivity index (χ3v) is 14.0. The van der Waals surface area contributed by atoms with Gasteiger partial charge in [0.15, 0.2) is 0 Å². The summed E-state index contributed by atoms with van der Waals surface area (Å²) in [5.41, 5.74) is 20.9. The van der Waals surface area contributed by atoms with E-state index in [1.807, 2.05) is 12.1 Å². The van der Waals surface area contributed by atoms with Crippen molar-refractivity contribution >= 4 is 60.8 Å². The zero-order valence-electron chi connectivity index (χ0n) is 36.7. The van der Waals surface area contributed by atoms with E-state index >= 15 is 0 Å². The van der Waals surface area contributed by atoms with Crippen LogP contribution in [0.1, 0.15) is 25.0 Å². The van der Waals surface area contributed by atoms with Gasteiger partial charge in [0, 0.05) is 55.3 Å². The molecule has 1 aliphatic carbocycles. The first-order chi connectivity index (χ1) is 32.5. The van der Waals surface area contributed by atoms with E-state index in [4.69, 9.17) is 4.42 Å². The summed E-state index contributed by atoms with van der Waals surface area (Å²) in [7, 11) is 0. The van der Waals surface area contributed by atoms with Crippen LogP contribution in [0.4, 0.5) is 17.1 Å². The number of hydrogen-bond donors (Lipinski definition) is 0. The van der Waals surface area contributed by atoms with Crippen molar-refractivity contribution in [1.29, 1.82) is 0 Å². The second-order valence-corrected chi connectivity index (χ2v) is 18.1. The first kappa shape index (κ1) is 38.1. The standard InChI is InChI=1S/C63H44N2O/c1-63(2)57-20-9-6-15-51(57)52-37-36-49(40-58(52)63)64(47-34-27-44(28-35-47)50-18-12-19-55-54-17-8-11-22-61(54)66-62(50)55)46-30-25-43(26-31-46)45-29-38-60-56(39-45)53-16-7-10-21-59(53)65(60)48-32-23-42(24-33-48)41-13-4-3-5-14-41/h3-40H,1-2H3. The van der Waals surface area contributed by atoms with Gasteiger partial charge in [0.1, 0.15) is 11.2 Å². The summed E-state index contributed by atoms with van der Waals surface area (Å²) in [6.07, 6.45) is 0. The highest BCUT2D eigenvalue weighted by atomic mass is 16.3. The molecule has 0 unspecified atom stereocenters. The molecule has 3 nitrogen and oxygen atoms in total. The molecule has 0 saturated carbocycles. The van der Waals surface area contributed by atoms with Crippen molar-refractivity contribution in [2.24, 2.45) is 0 Å². The minimum atomic E-state index is -0.125. The van der Waals surface area contributed by atoms with Crippen LogP contribution in [0.5, 0.6) is 0 Å². The van der Waals surface area contributed by atoms with E-state index in [1.165, 1.54) is 66.3 Å². The predicted molar refractivity (Wildman–Crippen MR) is 277 cm³/mol. The third kappa shape index (κ3) is 5.97. The first-order valence-electron chi connectivity index (χ1n) is 22.8. The highest BCUT2D eigenvalue weighted by Gasteiger charge is 2.35. The fraction of sp³-hybridized carbons (Fsp3) is 0.0476. The summed E-state index contributed by atoms with van der Waals surface area (Å²) >= 11 is 0. The fourth-order valence-electron chi connectivity index (χ4n) is 10.7. The number of rotatable bonds is 7. The van der Waals surface area contributed by atoms with Crippen LogP contribution in [0.3, 0.4) is 0 Å². The van der Waals surface area contributed by atoms with Gasteiger partial charge in [-0.15, -0.1) is 0 Å². The Hall–Kier alpha value is -8.40. The Bertz CT molecular complexity index is 3820. The van der Waals surface area contributed by atoms with Crippen molar-refractivity contribution in [3.8, 4) is 50.2 Å². The highest BCUT2D eigenvalue weighted by molar-refractivity contribution is 6.11. The molecule has 66 heavy (non-hydrogen) atoms. The lowest BCUT2D eigenvalue weighted by Gasteiger charge is -2.28. The van der Waals surface area contributed by atoms with Crippen molar-refractivity contribution in [2.45, 2.75) is 19.3 Å². The molecule has 0 saturated heterocycles. The van der Waals surface area contributed by atoms with Crippen molar-refractivity contribution < 1.29 is 4.42 Å². The number of fused-ring (bicyclic) bond motifs is 9. The first-order valence-corrected chi connectivity index (χ1v) is 22.8. The van der Waals surface area contributed by atoms with Gasteiger partial charge in [0.2, 0.25) is 0 Å². The second kappa shape index (κ2) is 14.8. The zero-order chi connectivity index (χ0) is 43.9. The summed E-state index contributed by atoms with van der Waals surface area (Å²) in [5, 5.41) is 4.75. The number of nitrogens with zero attached hydrogens (tertiary/aromatic N) is 2. The quantitative estimate of drug-likeness (QED) is 0.159. The van der Waals surface area contributed by atoms with Gasteiger partial charge in [-0.1, -0.05) is 172 Å². The van der Waals surface area contributed by atoms with Crippen LogP contribution >= 0.6 is 0 Å². The summed E-state index contributed by atoms with van der Waals surface area (Å²) in [6, 6.07) is 83.8. The summed E-state index contributed by atoms with van der Waals surface area (Å²) < 4.78 is 8.85. The third-order valence-electron chi connectivity index (χ3n) is 14.0. The van der Waals surface area contributed by atoms with Gasteiger partial charge >= 0.3 is 0 Å². The maximum absolute atomic E-state index is 6.46. The minimum Gasteiger partial charge on any atom is -0.455 e.